The summed E-state index contributed by atoms with van der Waals surface area (Å²) in [6, 6.07) is 4.49. The summed E-state index contributed by atoms with van der Waals surface area (Å²) in [4.78, 5) is 4.42. The minimum absolute atomic E-state index is 0.197. The molecule has 2 heteroatoms. The Morgan fingerprint density at radius 2 is 1.65 bits per heavy atom. The minimum atomic E-state index is 0.197. The normalized spacial score (nSPS) is 26.8. The smallest absolute Gasteiger partial charge is 0.0379 e. The van der Waals surface area contributed by atoms with Gasteiger partial charge in [-0.1, -0.05) is 19.8 Å². The molecule has 1 heterocycles. The molecule has 94 valence electrons. The molecule has 1 aliphatic carbocycles. The second kappa shape index (κ2) is 5.18. The number of pyridine rings is 1. The Morgan fingerprint density at radius 3 is 2.18 bits per heavy atom. The molecule has 2 N–H and O–H groups in total. The third-order valence-electron chi connectivity index (χ3n) is 4.06. The topological polar surface area (TPSA) is 38.9 Å². The van der Waals surface area contributed by atoms with Gasteiger partial charge in [-0.15, -0.1) is 0 Å². The van der Waals surface area contributed by atoms with Crippen molar-refractivity contribution in [2.45, 2.75) is 52.5 Å². The lowest BCUT2D eigenvalue weighted by Crippen LogP contribution is -2.25. The van der Waals surface area contributed by atoms with E-state index in [4.69, 9.17) is 5.73 Å². The number of rotatable bonds is 2. The quantitative estimate of drug-likeness (QED) is 0.847. The van der Waals surface area contributed by atoms with Crippen LogP contribution in [0, 0.1) is 25.7 Å². The van der Waals surface area contributed by atoms with Crippen LogP contribution in [0.4, 0.5) is 0 Å². The molecule has 1 aromatic heterocycles. The molecule has 2 nitrogen and oxygen atoms in total. The molecule has 17 heavy (non-hydrogen) atoms. The number of aryl methyl sites for hydroxylation is 2. The highest BCUT2D eigenvalue weighted by Gasteiger charge is 2.24. The van der Waals surface area contributed by atoms with E-state index in [1.807, 2.05) is 13.8 Å². The second-order valence-corrected chi connectivity index (χ2v) is 5.73. The molecule has 1 atom stereocenters. The van der Waals surface area contributed by atoms with Crippen LogP contribution in [-0.2, 0) is 0 Å². The summed E-state index contributed by atoms with van der Waals surface area (Å²) in [5.41, 5.74) is 9.86. The van der Waals surface area contributed by atoms with Crippen molar-refractivity contribution in [3.63, 3.8) is 0 Å². The lowest BCUT2D eigenvalue weighted by molar-refractivity contribution is 0.256. The van der Waals surface area contributed by atoms with Gasteiger partial charge in [-0.05, 0) is 56.2 Å². The van der Waals surface area contributed by atoms with Crippen LogP contribution in [0.5, 0.6) is 0 Å². The van der Waals surface area contributed by atoms with Crippen LogP contribution in [0.25, 0.3) is 0 Å². The summed E-state index contributed by atoms with van der Waals surface area (Å²) < 4.78 is 0. The van der Waals surface area contributed by atoms with Crippen molar-refractivity contribution >= 4 is 0 Å². The lowest BCUT2D eigenvalue weighted by Gasteiger charge is -2.31. The first-order valence-corrected chi connectivity index (χ1v) is 6.77. The fourth-order valence-electron chi connectivity index (χ4n) is 2.98. The summed E-state index contributed by atoms with van der Waals surface area (Å²) in [5.74, 6) is 1.55. The molecule has 0 aromatic carbocycles. The Balaban J connectivity index is 2.10. The molecule has 0 aliphatic heterocycles. The molecular formula is C15H24N2. The first kappa shape index (κ1) is 12.6. The van der Waals surface area contributed by atoms with Gasteiger partial charge in [0.2, 0.25) is 0 Å². The van der Waals surface area contributed by atoms with Crippen molar-refractivity contribution in [3.05, 3.63) is 29.1 Å². The van der Waals surface area contributed by atoms with Crippen molar-refractivity contribution in [1.29, 1.82) is 0 Å². The molecular weight excluding hydrogens is 208 g/mol. The SMILES string of the molecule is Cc1cc(C(N)C2CCC(C)CC2)cc(C)n1. The van der Waals surface area contributed by atoms with Gasteiger partial charge >= 0.3 is 0 Å². The standard InChI is InChI=1S/C15H24N2/c1-10-4-6-13(7-5-10)15(16)14-8-11(2)17-12(3)9-14/h8-10,13,15H,4-7,16H2,1-3H3. The summed E-state index contributed by atoms with van der Waals surface area (Å²) in [5, 5.41) is 0. The highest BCUT2D eigenvalue weighted by molar-refractivity contribution is 5.24. The van der Waals surface area contributed by atoms with Crippen molar-refractivity contribution in [2.24, 2.45) is 17.6 Å². The van der Waals surface area contributed by atoms with E-state index in [2.05, 4.69) is 24.0 Å². The largest absolute Gasteiger partial charge is 0.324 e. The van der Waals surface area contributed by atoms with Crippen LogP contribution in [-0.4, -0.2) is 4.98 Å². The van der Waals surface area contributed by atoms with Crippen LogP contribution < -0.4 is 5.73 Å². The third kappa shape index (κ3) is 3.06. The number of nitrogens with zero attached hydrogens (tertiary/aromatic N) is 1. The van der Waals surface area contributed by atoms with E-state index in [-0.39, 0.29) is 6.04 Å². The fraction of sp³-hybridized carbons (Fsp3) is 0.667. The molecule has 0 radical (unpaired) electrons. The van der Waals surface area contributed by atoms with Gasteiger partial charge < -0.3 is 5.73 Å². The van der Waals surface area contributed by atoms with E-state index in [1.165, 1.54) is 31.2 Å². The van der Waals surface area contributed by atoms with Gasteiger partial charge in [-0.2, -0.15) is 0 Å². The van der Waals surface area contributed by atoms with Crippen LogP contribution in [0.1, 0.15) is 55.6 Å². The van der Waals surface area contributed by atoms with Crippen molar-refractivity contribution in [3.8, 4) is 0 Å². The van der Waals surface area contributed by atoms with Gasteiger partial charge in [0.1, 0.15) is 0 Å². The lowest BCUT2D eigenvalue weighted by atomic mass is 9.77. The monoisotopic (exact) mass is 232 g/mol. The summed E-state index contributed by atoms with van der Waals surface area (Å²) in [6.45, 7) is 6.45. The van der Waals surface area contributed by atoms with E-state index >= 15 is 0 Å². The second-order valence-electron chi connectivity index (χ2n) is 5.73. The Hall–Kier alpha value is -0.890. The first-order chi connectivity index (χ1) is 8.06. The van der Waals surface area contributed by atoms with Crippen molar-refractivity contribution in [1.82, 2.24) is 4.98 Å². The molecule has 1 aromatic rings. The van der Waals surface area contributed by atoms with Gasteiger partial charge in [0, 0.05) is 17.4 Å². The van der Waals surface area contributed by atoms with E-state index in [1.54, 1.807) is 0 Å². The van der Waals surface area contributed by atoms with Gasteiger partial charge in [-0.25, -0.2) is 0 Å². The molecule has 0 amide bonds. The Morgan fingerprint density at radius 1 is 1.12 bits per heavy atom. The third-order valence-corrected chi connectivity index (χ3v) is 4.06. The first-order valence-electron chi connectivity index (χ1n) is 6.77. The maximum absolute atomic E-state index is 6.43. The Bertz CT molecular complexity index is 358. The molecule has 0 bridgehead atoms. The average Bonchev–Trinajstić information content (AvgIpc) is 2.28. The molecule has 0 saturated heterocycles. The molecule has 1 fully saturated rings. The summed E-state index contributed by atoms with van der Waals surface area (Å²) in [6.07, 6.45) is 5.23. The number of hydrogen-bond acceptors (Lipinski definition) is 2. The fourth-order valence-corrected chi connectivity index (χ4v) is 2.98. The molecule has 2 rings (SSSR count). The van der Waals surface area contributed by atoms with Crippen LogP contribution >= 0.6 is 0 Å². The van der Waals surface area contributed by atoms with E-state index < -0.39 is 0 Å². The predicted octanol–water partition coefficient (Wildman–Crippen LogP) is 3.52. The van der Waals surface area contributed by atoms with Crippen molar-refractivity contribution < 1.29 is 0 Å². The van der Waals surface area contributed by atoms with Gasteiger partial charge in [0.25, 0.3) is 0 Å². The number of hydrogen-bond donors (Lipinski definition) is 1. The maximum atomic E-state index is 6.43. The van der Waals surface area contributed by atoms with Crippen LogP contribution in [0.15, 0.2) is 12.1 Å². The van der Waals surface area contributed by atoms with Gasteiger partial charge in [0.15, 0.2) is 0 Å². The van der Waals surface area contributed by atoms with Crippen molar-refractivity contribution in [2.75, 3.05) is 0 Å². The molecule has 0 spiro atoms. The van der Waals surface area contributed by atoms with E-state index in [9.17, 15) is 0 Å². The minimum Gasteiger partial charge on any atom is -0.324 e. The summed E-state index contributed by atoms with van der Waals surface area (Å²) >= 11 is 0. The maximum Gasteiger partial charge on any atom is 0.0379 e. The number of aromatic nitrogens is 1. The zero-order valence-electron chi connectivity index (χ0n) is 11.2. The predicted molar refractivity (Wildman–Crippen MR) is 71.8 cm³/mol. The Labute approximate surface area is 105 Å². The van der Waals surface area contributed by atoms with E-state index in [0.717, 1.165) is 17.3 Å². The van der Waals surface area contributed by atoms with Crippen LogP contribution in [0.2, 0.25) is 0 Å². The zero-order valence-corrected chi connectivity index (χ0v) is 11.2. The molecule has 1 unspecified atom stereocenters. The molecule has 1 aliphatic rings. The highest BCUT2D eigenvalue weighted by Crippen LogP contribution is 2.35. The van der Waals surface area contributed by atoms with E-state index in [0.29, 0.717) is 5.92 Å². The molecule has 1 saturated carbocycles. The number of nitrogens with two attached hydrogens (primary N) is 1. The van der Waals surface area contributed by atoms with Gasteiger partial charge in [-0.3, -0.25) is 4.98 Å². The Kier molecular flexibility index (Phi) is 3.82. The van der Waals surface area contributed by atoms with Gasteiger partial charge in [0.05, 0.1) is 0 Å². The zero-order chi connectivity index (χ0) is 12.4. The summed E-state index contributed by atoms with van der Waals surface area (Å²) in [7, 11) is 0. The highest BCUT2D eigenvalue weighted by atomic mass is 14.7. The average molecular weight is 232 g/mol. The van der Waals surface area contributed by atoms with Crippen LogP contribution in [0.3, 0.4) is 0 Å².